The summed E-state index contributed by atoms with van der Waals surface area (Å²) in [5.74, 6) is 0.571. The topological polar surface area (TPSA) is 63.0 Å². The van der Waals surface area contributed by atoms with Crippen molar-refractivity contribution in [3.05, 3.63) is 30.5 Å². The van der Waals surface area contributed by atoms with Crippen LogP contribution >= 0.6 is 0 Å². The fraction of sp³-hybridized carbons (Fsp3) is 0.538. The summed E-state index contributed by atoms with van der Waals surface area (Å²) in [6, 6.07) is 1.37. The quantitative estimate of drug-likeness (QED) is 0.815. The van der Waals surface area contributed by atoms with E-state index in [1.165, 1.54) is 12.4 Å². The molecule has 0 amide bonds. The minimum atomic E-state index is -2.56. The molecule has 3 rings (SSSR count). The van der Waals surface area contributed by atoms with E-state index in [0.717, 1.165) is 39.3 Å². The third-order valence-corrected chi connectivity index (χ3v) is 3.71. The minimum Gasteiger partial charge on any atom is -0.354 e. The number of hydrogen-bond acceptors (Lipinski definition) is 6. The number of nitrogens with zero attached hydrogens (tertiary/aromatic N) is 7. The number of aromatic nitrogens is 5. The van der Waals surface area contributed by atoms with Gasteiger partial charge in [-0.2, -0.15) is 0 Å². The van der Waals surface area contributed by atoms with E-state index < -0.39 is 6.43 Å². The number of piperazine rings is 1. The van der Waals surface area contributed by atoms with E-state index >= 15 is 0 Å². The van der Waals surface area contributed by atoms with Gasteiger partial charge in [0, 0.05) is 45.0 Å². The SMILES string of the molecule is FC(F)c1cc(N2CCN(CCn3ccnn3)CC2)ncn1. The highest BCUT2D eigenvalue weighted by molar-refractivity contribution is 5.39. The second-order valence-corrected chi connectivity index (χ2v) is 5.10. The minimum absolute atomic E-state index is 0.224. The standard InChI is InChI=1S/C13H17F2N7/c14-13(15)11-9-12(17-10-16-11)21-6-3-20(4-7-21)5-8-22-2-1-18-19-22/h1-2,9-10,13H,3-8H2. The molecule has 0 aliphatic carbocycles. The summed E-state index contributed by atoms with van der Waals surface area (Å²) in [5, 5.41) is 7.70. The van der Waals surface area contributed by atoms with Crippen LogP contribution in [0, 0.1) is 0 Å². The van der Waals surface area contributed by atoms with Gasteiger partial charge in [-0.1, -0.05) is 5.21 Å². The van der Waals surface area contributed by atoms with Crippen LogP contribution in [-0.2, 0) is 6.54 Å². The first-order valence-corrected chi connectivity index (χ1v) is 7.14. The highest BCUT2D eigenvalue weighted by Crippen LogP contribution is 2.20. The van der Waals surface area contributed by atoms with Crippen molar-refractivity contribution in [2.45, 2.75) is 13.0 Å². The van der Waals surface area contributed by atoms with E-state index in [0.29, 0.717) is 5.82 Å². The predicted molar refractivity (Wildman–Crippen MR) is 75.7 cm³/mol. The van der Waals surface area contributed by atoms with Gasteiger partial charge in [0.1, 0.15) is 17.8 Å². The van der Waals surface area contributed by atoms with Gasteiger partial charge in [0.15, 0.2) is 0 Å². The lowest BCUT2D eigenvalue weighted by Crippen LogP contribution is -2.47. The Morgan fingerprint density at radius 3 is 2.59 bits per heavy atom. The zero-order chi connectivity index (χ0) is 15.4. The molecule has 0 bridgehead atoms. The number of rotatable bonds is 5. The van der Waals surface area contributed by atoms with Gasteiger partial charge in [-0.25, -0.2) is 18.7 Å². The third-order valence-electron chi connectivity index (χ3n) is 3.71. The van der Waals surface area contributed by atoms with E-state index in [1.807, 2.05) is 11.1 Å². The molecule has 1 aliphatic rings. The molecule has 1 saturated heterocycles. The van der Waals surface area contributed by atoms with Crippen LogP contribution in [-0.4, -0.2) is 62.6 Å². The van der Waals surface area contributed by atoms with Gasteiger partial charge in [0.25, 0.3) is 6.43 Å². The van der Waals surface area contributed by atoms with Crippen LogP contribution in [0.15, 0.2) is 24.8 Å². The second-order valence-electron chi connectivity index (χ2n) is 5.10. The lowest BCUT2D eigenvalue weighted by Gasteiger charge is -2.35. The van der Waals surface area contributed by atoms with Crippen molar-refractivity contribution in [1.82, 2.24) is 29.9 Å². The molecule has 22 heavy (non-hydrogen) atoms. The fourth-order valence-electron chi connectivity index (χ4n) is 2.45. The Balaban J connectivity index is 1.52. The Morgan fingerprint density at radius 2 is 1.91 bits per heavy atom. The van der Waals surface area contributed by atoms with Crippen molar-refractivity contribution in [3.63, 3.8) is 0 Å². The van der Waals surface area contributed by atoms with Crippen LogP contribution in [0.1, 0.15) is 12.1 Å². The van der Waals surface area contributed by atoms with Gasteiger partial charge in [-0.05, 0) is 0 Å². The van der Waals surface area contributed by atoms with Gasteiger partial charge in [-0.3, -0.25) is 9.58 Å². The first-order valence-electron chi connectivity index (χ1n) is 7.14. The Kier molecular flexibility index (Phi) is 4.52. The summed E-state index contributed by atoms with van der Waals surface area (Å²) in [5.41, 5.74) is -0.224. The van der Waals surface area contributed by atoms with Crippen LogP contribution in [0.25, 0.3) is 0 Å². The monoisotopic (exact) mass is 309 g/mol. The zero-order valence-corrected chi connectivity index (χ0v) is 12.0. The predicted octanol–water partition coefficient (Wildman–Crippen LogP) is 0.828. The van der Waals surface area contributed by atoms with Gasteiger partial charge in [0.05, 0.1) is 12.7 Å². The van der Waals surface area contributed by atoms with Crippen molar-refractivity contribution >= 4 is 5.82 Å². The second kappa shape index (κ2) is 6.73. The molecule has 0 unspecified atom stereocenters. The molecule has 7 nitrogen and oxygen atoms in total. The average molecular weight is 309 g/mol. The summed E-state index contributed by atoms with van der Waals surface area (Å²) in [6.45, 7) is 4.94. The molecule has 1 aliphatic heterocycles. The molecule has 9 heteroatoms. The number of anilines is 1. The first kappa shape index (κ1) is 14.8. The molecule has 0 atom stereocenters. The van der Waals surface area contributed by atoms with Crippen molar-refractivity contribution < 1.29 is 8.78 Å². The Morgan fingerprint density at radius 1 is 1.09 bits per heavy atom. The van der Waals surface area contributed by atoms with Crippen LogP contribution in [0.2, 0.25) is 0 Å². The lowest BCUT2D eigenvalue weighted by atomic mass is 10.3. The van der Waals surface area contributed by atoms with Gasteiger partial charge in [-0.15, -0.1) is 5.10 Å². The molecule has 1 fully saturated rings. The maximum absolute atomic E-state index is 12.7. The molecule has 0 spiro atoms. The van der Waals surface area contributed by atoms with Gasteiger partial charge in [0.2, 0.25) is 0 Å². The molecule has 0 radical (unpaired) electrons. The van der Waals surface area contributed by atoms with Crippen LogP contribution < -0.4 is 4.90 Å². The van der Waals surface area contributed by atoms with E-state index in [1.54, 1.807) is 10.9 Å². The van der Waals surface area contributed by atoms with Crippen molar-refractivity contribution in [1.29, 1.82) is 0 Å². The van der Waals surface area contributed by atoms with Crippen molar-refractivity contribution in [2.75, 3.05) is 37.6 Å². The molecule has 3 heterocycles. The fourth-order valence-corrected chi connectivity index (χ4v) is 2.45. The Hall–Kier alpha value is -2.16. The van der Waals surface area contributed by atoms with E-state index in [2.05, 4.69) is 25.2 Å². The van der Waals surface area contributed by atoms with Gasteiger partial charge < -0.3 is 4.90 Å². The van der Waals surface area contributed by atoms with Gasteiger partial charge >= 0.3 is 0 Å². The van der Waals surface area contributed by atoms with Crippen molar-refractivity contribution in [3.8, 4) is 0 Å². The summed E-state index contributed by atoms with van der Waals surface area (Å²) >= 11 is 0. The highest BCUT2D eigenvalue weighted by Gasteiger charge is 2.19. The molecule has 2 aromatic heterocycles. The number of alkyl halides is 2. The van der Waals surface area contributed by atoms with E-state index in [-0.39, 0.29) is 5.69 Å². The summed E-state index contributed by atoms with van der Waals surface area (Å²) in [4.78, 5) is 12.0. The van der Waals surface area contributed by atoms with Crippen LogP contribution in [0.5, 0.6) is 0 Å². The molecule has 0 saturated carbocycles. The Bertz CT molecular complexity index is 582. The van der Waals surface area contributed by atoms with E-state index in [4.69, 9.17) is 0 Å². The smallest absolute Gasteiger partial charge is 0.280 e. The largest absolute Gasteiger partial charge is 0.354 e. The summed E-state index contributed by atoms with van der Waals surface area (Å²) in [7, 11) is 0. The van der Waals surface area contributed by atoms with Crippen molar-refractivity contribution in [2.24, 2.45) is 0 Å². The van der Waals surface area contributed by atoms with E-state index in [9.17, 15) is 8.78 Å². The Labute approximate surface area is 126 Å². The number of hydrogen-bond donors (Lipinski definition) is 0. The molecule has 0 aromatic carbocycles. The summed E-state index contributed by atoms with van der Waals surface area (Å²) in [6.07, 6.45) is 2.13. The first-order chi connectivity index (χ1) is 10.7. The molecule has 0 N–H and O–H groups in total. The zero-order valence-electron chi connectivity index (χ0n) is 12.0. The molecular weight excluding hydrogens is 292 g/mol. The van der Waals surface area contributed by atoms with Crippen LogP contribution in [0.3, 0.4) is 0 Å². The maximum Gasteiger partial charge on any atom is 0.280 e. The lowest BCUT2D eigenvalue weighted by molar-refractivity contribution is 0.146. The molecule has 2 aromatic rings. The number of halogens is 2. The molecular formula is C13H17F2N7. The molecule has 118 valence electrons. The third kappa shape index (κ3) is 3.53. The highest BCUT2D eigenvalue weighted by atomic mass is 19.3. The normalized spacial score (nSPS) is 16.4. The maximum atomic E-state index is 12.7. The average Bonchev–Trinajstić information content (AvgIpc) is 3.07. The summed E-state index contributed by atoms with van der Waals surface area (Å²) < 4.78 is 27.2. The van der Waals surface area contributed by atoms with Crippen LogP contribution in [0.4, 0.5) is 14.6 Å².